The Labute approximate surface area is 102 Å². The van der Waals surface area contributed by atoms with E-state index in [0.29, 0.717) is 0 Å². The van der Waals surface area contributed by atoms with Gasteiger partial charge in [-0.2, -0.15) is 12.6 Å². The second kappa shape index (κ2) is 5.31. The van der Waals surface area contributed by atoms with E-state index in [1.165, 1.54) is 37.7 Å². The summed E-state index contributed by atoms with van der Waals surface area (Å²) >= 11 is 6.86. The molecule has 0 radical (unpaired) electrons. The van der Waals surface area contributed by atoms with Crippen molar-refractivity contribution in [1.29, 1.82) is 0 Å². The maximum atomic E-state index is 4.84. The Morgan fingerprint density at radius 2 is 1.73 bits per heavy atom. The molecule has 15 heavy (non-hydrogen) atoms. The van der Waals surface area contributed by atoms with Crippen molar-refractivity contribution in [3.8, 4) is 0 Å². The number of hydrogen-bond acceptors (Lipinski definition) is 2. The van der Waals surface area contributed by atoms with Crippen LogP contribution in [0.25, 0.3) is 0 Å². The van der Waals surface area contributed by atoms with E-state index in [1.54, 1.807) is 0 Å². The van der Waals surface area contributed by atoms with Crippen molar-refractivity contribution in [2.24, 2.45) is 0 Å². The standard InChI is InChI=1S/C13H18S2/c14-13(9-5-2-6-10-13)15-11-12-7-3-1-4-8-12/h1,3-4,7-8,14H,2,5-6,9-11H2. The van der Waals surface area contributed by atoms with E-state index in [9.17, 15) is 0 Å². The Bertz CT molecular complexity index is 289. The van der Waals surface area contributed by atoms with E-state index in [1.807, 2.05) is 11.8 Å². The molecule has 0 aliphatic heterocycles. The van der Waals surface area contributed by atoms with Crippen LogP contribution in [-0.2, 0) is 5.75 Å². The van der Waals surface area contributed by atoms with Crippen molar-refractivity contribution in [3.05, 3.63) is 35.9 Å². The minimum absolute atomic E-state index is 0.244. The molecule has 1 fully saturated rings. The molecule has 1 aliphatic carbocycles. The third kappa shape index (κ3) is 3.46. The molecule has 0 aromatic heterocycles. The van der Waals surface area contributed by atoms with Crippen LogP contribution in [0, 0.1) is 0 Å². The first kappa shape index (κ1) is 11.4. The lowest BCUT2D eigenvalue weighted by molar-refractivity contribution is 0.493. The van der Waals surface area contributed by atoms with Crippen LogP contribution in [-0.4, -0.2) is 4.08 Å². The summed E-state index contributed by atoms with van der Waals surface area (Å²) in [4.78, 5) is 0. The van der Waals surface area contributed by atoms with E-state index in [2.05, 4.69) is 30.3 Å². The van der Waals surface area contributed by atoms with Crippen LogP contribution in [0.3, 0.4) is 0 Å². The molecule has 2 heteroatoms. The number of benzene rings is 1. The third-order valence-electron chi connectivity index (χ3n) is 2.99. The Morgan fingerprint density at radius 3 is 2.40 bits per heavy atom. The van der Waals surface area contributed by atoms with Crippen molar-refractivity contribution in [2.75, 3.05) is 0 Å². The zero-order valence-corrected chi connectivity index (χ0v) is 10.7. The SMILES string of the molecule is SC1(SCc2ccccc2)CCCCC1. The van der Waals surface area contributed by atoms with Crippen LogP contribution >= 0.6 is 24.4 Å². The van der Waals surface area contributed by atoms with Crippen molar-refractivity contribution in [1.82, 2.24) is 0 Å². The van der Waals surface area contributed by atoms with Gasteiger partial charge in [0.15, 0.2) is 0 Å². The smallest absolute Gasteiger partial charge is 0.0584 e. The predicted octanol–water partition coefficient (Wildman–Crippen LogP) is 4.51. The molecule has 1 aromatic rings. The largest absolute Gasteiger partial charge is 0.162 e. The molecule has 82 valence electrons. The molecule has 2 rings (SSSR count). The van der Waals surface area contributed by atoms with Gasteiger partial charge in [0.2, 0.25) is 0 Å². The van der Waals surface area contributed by atoms with Gasteiger partial charge in [-0.1, -0.05) is 49.6 Å². The molecule has 0 saturated heterocycles. The summed E-state index contributed by atoms with van der Waals surface area (Å²) in [7, 11) is 0. The van der Waals surface area contributed by atoms with Gasteiger partial charge >= 0.3 is 0 Å². The molecular weight excluding hydrogens is 220 g/mol. The van der Waals surface area contributed by atoms with Crippen molar-refractivity contribution in [2.45, 2.75) is 41.9 Å². The number of thioether (sulfide) groups is 1. The van der Waals surface area contributed by atoms with Crippen LogP contribution in [0.2, 0.25) is 0 Å². The number of rotatable bonds is 3. The summed E-state index contributed by atoms with van der Waals surface area (Å²) in [6.45, 7) is 0. The molecule has 0 nitrogen and oxygen atoms in total. The summed E-state index contributed by atoms with van der Waals surface area (Å²) in [5.41, 5.74) is 1.42. The molecule has 1 aliphatic rings. The van der Waals surface area contributed by atoms with Crippen molar-refractivity contribution < 1.29 is 0 Å². The van der Waals surface area contributed by atoms with E-state index < -0.39 is 0 Å². The normalized spacial score (nSPS) is 20.1. The summed E-state index contributed by atoms with van der Waals surface area (Å²) in [6.07, 6.45) is 6.64. The lowest BCUT2D eigenvalue weighted by Crippen LogP contribution is -2.20. The van der Waals surface area contributed by atoms with Gasteiger partial charge in [0.05, 0.1) is 4.08 Å². The second-order valence-electron chi connectivity index (χ2n) is 4.28. The summed E-state index contributed by atoms with van der Waals surface area (Å²) in [5, 5.41) is 0. The van der Waals surface area contributed by atoms with Crippen LogP contribution in [0.15, 0.2) is 30.3 Å². The average Bonchev–Trinajstić information content (AvgIpc) is 2.29. The molecule has 1 aromatic carbocycles. The first-order valence-electron chi connectivity index (χ1n) is 5.69. The second-order valence-corrected chi connectivity index (χ2v) is 6.80. The van der Waals surface area contributed by atoms with Gasteiger partial charge in [0, 0.05) is 5.75 Å². The first-order chi connectivity index (χ1) is 7.29. The van der Waals surface area contributed by atoms with Gasteiger partial charge in [-0.25, -0.2) is 0 Å². The van der Waals surface area contributed by atoms with Crippen molar-refractivity contribution in [3.63, 3.8) is 0 Å². The zero-order chi connectivity index (χ0) is 10.6. The molecular formula is C13H18S2. The van der Waals surface area contributed by atoms with Gasteiger partial charge in [-0.3, -0.25) is 0 Å². The fraction of sp³-hybridized carbons (Fsp3) is 0.538. The summed E-state index contributed by atoms with van der Waals surface area (Å²) in [5.74, 6) is 1.10. The molecule has 0 N–H and O–H groups in total. The highest BCUT2D eigenvalue weighted by Gasteiger charge is 2.27. The quantitative estimate of drug-likeness (QED) is 0.597. The fourth-order valence-electron chi connectivity index (χ4n) is 2.04. The van der Waals surface area contributed by atoms with Crippen molar-refractivity contribution >= 4 is 24.4 Å². The highest BCUT2D eigenvalue weighted by Crippen LogP contribution is 2.44. The first-order valence-corrected chi connectivity index (χ1v) is 7.12. The zero-order valence-electron chi connectivity index (χ0n) is 8.98. The predicted molar refractivity (Wildman–Crippen MR) is 72.5 cm³/mol. The molecule has 0 unspecified atom stereocenters. The molecule has 0 atom stereocenters. The minimum Gasteiger partial charge on any atom is -0.162 e. The number of thiol groups is 1. The average molecular weight is 238 g/mol. The maximum Gasteiger partial charge on any atom is 0.0584 e. The summed E-state index contributed by atoms with van der Waals surface area (Å²) in [6, 6.07) is 10.7. The number of hydrogen-bond donors (Lipinski definition) is 1. The van der Waals surface area contributed by atoms with E-state index in [0.717, 1.165) is 5.75 Å². The Balaban J connectivity index is 1.87. The minimum atomic E-state index is 0.244. The molecule has 0 bridgehead atoms. The van der Waals surface area contributed by atoms with Gasteiger partial charge in [-0.05, 0) is 18.4 Å². The van der Waals surface area contributed by atoms with Crippen LogP contribution in [0.5, 0.6) is 0 Å². The van der Waals surface area contributed by atoms with E-state index in [-0.39, 0.29) is 4.08 Å². The van der Waals surface area contributed by atoms with E-state index >= 15 is 0 Å². The third-order valence-corrected chi connectivity index (χ3v) is 5.24. The maximum absolute atomic E-state index is 4.84. The Kier molecular flexibility index (Phi) is 4.04. The Morgan fingerprint density at radius 1 is 1.07 bits per heavy atom. The molecule has 0 spiro atoms. The summed E-state index contributed by atoms with van der Waals surface area (Å²) < 4.78 is 0.244. The fourth-order valence-corrected chi connectivity index (χ4v) is 3.76. The lowest BCUT2D eigenvalue weighted by Gasteiger charge is -2.31. The van der Waals surface area contributed by atoms with E-state index in [4.69, 9.17) is 12.6 Å². The van der Waals surface area contributed by atoms with Gasteiger partial charge in [0.25, 0.3) is 0 Å². The highest BCUT2D eigenvalue weighted by molar-refractivity contribution is 8.11. The monoisotopic (exact) mass is 238 g/mol. The molecule has 1 saturated carbocycles. The van der Waals surface area contributed by atoms with Crippen LogP contribution < -0.4 is 0 Å². The lowest BCUT2D eigenvalue weighted by atomic mass is 10.00. The van der Waals surface area contributed by atoms with Gasteiger partial charge in [0.1, 0.15) is 0 Å². The molecule has 0 heterocycles. The van der Waals surface area contributed by atoms with Gasteiger partial charge < -0.3 is 0 Å². The highest BCUT2D eigenvalue weighted by atomic mass is 32.2. The van der Waals surface area contributed by atoms with Crippen LogP contribution in [0.1, 0.15) is 37.7 Å². The van der Waals surface area contributed by atoms with Crippen LogP contribution in [0.4, 0.5) is 0 Å². The topological polar surface area (TPSA) is 0 Å². The Hall–Kier alpha value is -0.0800. The molecule has 0 amide bonds. The van der Waals surface area contributed by atoms with Gasteiger partial charge in [-0.15, -0.1) is 11.8 Å².